The fourth-order valence-electron chi connectivity index (χ4n) is 5.06. The molecule has 0 aliphatic carbocycles. The number of phosphoric ester groups is 1. The van der Waals surface area contributed by atoms with Gasteiger partial charge in [-0.2, -0.15) is 4.57 Å². The Morgan fingerprint density at radius 3 is 2.14 bits per heavy atom. The summed E-state index contributed by atoms with van der Waals surface area (Å²) in [7, 11) is -4.45. The molecule has 0 radical (unpaired) electrons. The average molecular weight is 591 g/mol. The van der Waals surface area contributed by atoms with E-state index in [1.807, 2.05) is 49.5 Å². The molecular weight excluding hydrogens is 545 g/mol. The molecule has 1 atom stereocenters. The second kappa shape index (κ2) is 16.3. The topological polar surface area (TPSA) is 68.9 Å². The third kappa shape index (κ3) is 10.2. The van der Waals surface area contributed by atoms with Crippen LogP contribution in [0.3, 0.4) is 0 Å². The monoisotopic (exact) mass is 590 g/mol. The quantitative estimate of drug-likeness (QED) is 0.0710. The molecule has 0 bridgehead atoms. The van der Waals surface area contributed by atoms with Crippen molar-refractivity contribution in [2.45, 2.75) is 84.6 Å². The third-order valence-electron chi connectivity index (χ3n) is 7.35. The highest BCUT2D eigenvalue weighted by Crippen LogP contribution is 2.47. The van der Waals surface area contributed by atoms with Gasteiger partial charge in [0, 0.05) is 23.1 Å². The molecule has 1 heterocycles. The maximum absolute atomic E-state index is 12.9. The average Bonchev–Trinajstić information content (AvgIpc) is 2.98. The number of fused-ring (bicyclic) bond motifs is 1. The van der Waals surface area contributed by atoms with E-state index in [0.717, 1.165) is 29.5 Å². The van der Waals surface area contributed by atoms with E-state index in [9.17, 15) is 9.46 Å². The molecule has 6 nitrogen and oxygen atoms in total. The summed E-state index contributed by atoms with van der Waals surface area (Å²) < 4.78 is 32.0. The summed E-state index contributed by atoms with van der Waals surface area (Å²) in [5, 5.41) is 1.17. The molecule has 0 saturated heterocycles. The summed E-state index contributed by atoms with van der Waals surface area (Å²) in [6, 6.07) is 24.9. The highest BCUT2D eigenvalue weighted by atomic mass is 31.2. The van der Waals surface area contributed by atoms with E-state index in [0.29, 0.717) is 18.9 Å². The SMILES string of the molecule is CCCCCCCCCCCCOc1ccc(C)cc1OP(=O)(O)Oc1ccc(C[n+]2cccc3ccccc32)cc1. The largest absolute Gasteiger partial charge is 0.585 e. The van der Waals surface area contributed by atoms with Crippen LogP contribution in [-0.4, -0.2) is 11.5 Å². The molecular formula is C35H45NO5P+. The highest BCUT2D eigenvalue weighted by molar-refractivity contribution is 7.48. The second-order valence-electron chi connectivity index (χ2n) is 11.0. The number of para-hydroxylation sites is 1. The van der Waals surface area contributed by atoms with Crippen LogP contribution in [0.15, 0.2) is 85.1 Å². The lowest BCUT2D eigenvalue weighted by molar-refractivity contribution is -0.662. The number of ether oxygens (including phenoxy) is 1. The number of aromatic nitrogens is 1. The first kappa shape index (κ1) is 31.6. The van der Waals surface area contributed by atoms with E-state index in [-0.39, 0.29) is 11.5 Å². The fraction of sp³-hybridized carbons (Fsp3) is 0.400. The molecule has 3 aromatic carbocycles. The van der Waals surface area contributed by atoms with Crippen molar-refractivity contribution in [3.63, 3.8) is 0 Å². The Balaban J connectivity index is 1.26. The van der Waals surface area contributed by atoms with Crippen LogP contribution in [0.2, 0.25) is 0 Å². The van der Waals surface area contributed by atoms with Crippen LogP contribution in [0, 0.1) is 6.92 Å². The van der Waals surface area contributed by atoms with Crippen LogP contribution in [0.1, 0.15) is 82.3 Å². The number of rotatable bonds is 18. The lowest BCUT2D eigenvalue weighted by Crippen LogP contribution is -2.34. The van der Waals surface area contributed by atoms with Crippen molar-refractivity contribution in [3.8, 4) is 17.2 Å². The van der Waals surface area contributed by atoms with Crippen LogP contribution in [-0.2, 0) is 11.1 Å². The summed E-state index contributed by atoms with van der Waals surface area (Å²) in [4.78, 5) is 10.6. The molecule has 0 aliphatic rings. The molecule has 1 unspecified atom stereocenters. The van der Waals surface area contributed by atoms with Gasteiger partial charge in [-0.15, -0.1) is 0 Å². The first-order valence-corrected chi connectivity index (χ1v) is 16.8. The van der Waals surface area contributed by atoms with Crippen molar-refractivity contribution < 1.29 is 27.8 Å². The zero-order valence-corrected chi connectivity index (χ0v) is 25.9. The molecule has 4 rings (SSSR count). The molecule has 0 saturated carbocycles. The van der Waals surface area contributed by atoms with Crippen molar-refractivity contribution in [1.29, 1.82) is 0 Å². The second-order valence-corrected chi connectivity index (χ2v) is 12.3. The maximum atomic E-state index is 12.9. The van der Waals surface area contributed by atoms with E-state index in [4.69, 9.17) is 13.8 Å². The predicted octanol–water partition coefficient (Wildman–Crippen LogP) is 9.34. The first-order chi connectivity index (χ1) is 20.4. The van der Waals surface area contributed by atoms with Crippen molar-refractivity contribution in [3.05, 3.63) is 96.2 Å². The zero-order chi connectivity index (χ0) is 29.6. The normalized spacial score (nSPS) is 12.6. The van der Waals surface area contributed by atoms with Gasteiger partial charge in [-0.3, -0.25) is 4.89 Å². The Bertz CT molecular complexity index is 1430. The van der Waals surface area contributed by atoms with Crippen molar-refractivity contribution in [1.82, 2.24) is 0 Å². The van der Waals surface area contributed by atoms with Crippen LogP contribution < -0.4 is 18.4 Å². The molecule has 1 N–H and O–H groups in total. The van der Waals surface area contributed by atoms with E-state index in [1.54, 1.807) is 24.3 Å². The molecule has 0 fully saturated rings. The predicted molar refractivity (Wildman–Crippen MR) is 169 cm³/mol. The molecule has 0 amide bonds. The van der Waals surface area contributed by atoms with E-state index < -0.39 is 7.82 Å². The molecule has 42 heavy (non-hydrogen) atoms. The van der Waals surface area contributed by atoms with Gasteiger partial charge in [-0.05, 0) is 67.4 Å². The van der Waals surface area contributed by atoms with Crippen LogP contribution in [0.5, 0.6) is 17.2 Å². The fourth-order valence-corrected chi connectivity index (χ4v) is 5.88. The van der Waals surface area contributed by atoms with Crippen LogP contribution >= 0.6 is 7.82 Å². The summed E-state index contributed by atoms with van der Waals surface area (Å²) in [6.07, 6.45) is 14.5. The molecule has 1 aromatic heterocycles. The lowest BCUT2D eigenvalue weighted by Gasteiger charge is -2.17. The van der Waals surface area contributed by atoms with Crippen molar-refractivity contribution in [2.24, 2.45) is 0 Å². The zero-order valence-electron chi connectivity index (χ0n) is 25.0. The van der Waals surface area contributed by atoms with Gasteiger partial charge in [0.25, 0.3) is 0 Å². The first-order valence-electron chi connectivity index (χ1n) is 15.3. The minimum atomic E-state index is -4.45. The number of hydrogen-bond acceptors (Lipinski definition) is 4. The van der Waals surface area contributed by atoms with Crippen molar-refractivity contribution >= 4 is 18.7 Å². The van der Waals surface area contributed by atoms with E-state index >= 15 is 0 Å². The van der Waals surface area contributed by atoms with Gasteiger partial charge in [0.2, 0.25) is 5.52 Å². The number of pyridine rings is 1. The maximum Gasteiger partial charge on any atom is 0.585 e. The number of hydrogen-bond donors (Lipinski definition) is 1. The third-order valence-corrected chi connectivity index (χ3v) is 8.22. The summed E-state index contributed by atoms with van der Waals surface area (Å²) in [6.45, 7) is 5.34. The Kier molecular flexibility index (Phi) is 12.3. The number of unbranched alkanes of at least 4 members (excludes halogenated alkanes) is 9. The number of nitrogens with zero attached hydrogens (tertiary/aromatic N) is 1. The number of benzene rings is 3. The Morgan fingerprint density at radius 1 is 0.738 bits per heavy atom. The van der Waals surface area contributed by atoms with Gasteiger partial charge in [0.05, 0.1) is 6.61 Å². The molecule has 224 valence electrons. The molecule has 0 spiro atoms. The van der Waals surface area contributed by atoms with Gasteiger partial charge >= 0.3 is 7.82 Å². The van der Waals surface area contributed by atoms with Gasteiger partial charge in [-0.25, -0.2) is 4.57 Å². The Morgan fingerprint density at radius 2 is 1.40 bits per heavy atom. The summed E-state index contributed by atoms with van der Waals surface area (Å²) in [5.74, 6) is 0.904. The summed E-state index contributed by atoms with van der Waals surface area (Å²) in [5.41, 5.74) is 3.07. The van der Waals surface area contributed by atoms with Gasteiger partial charge < -0.3 is 13.8 Å². The van der Waals surface area contributed by atoms with Gasteiger partial charge in [0.1, 0.15) is 5.75 Å². The Labute approximate surface area is 250 Å². The lowest BCUT2D eigenvalue weighted by atomic mass is 10.1. The van der Waals surface area contributed by atoms with Crippen LogP contribution in [0.25, 0.3) is 10.9 Å². The van der Waals surface area contributed by atoms with Gasteiger partial charge in [-0.1, -0.05) is 82.9 Å². The standard InChI is InChI=1S/C35H44NO5P/c1-3-4-5-6-7-8-9-10-11-14-26-39-34-24-19-29(2)27-35(34)41-42(37,38)40-32-22-20-30(21-23-32)28-36-25-15-17-31-16-12-13-18-33(31)36/h12-13,15-25,27H,3-11,14,26,28H2,1-2H3/p+1. The minimum absolute atomic E-state index is 0.205. The Hall–Kier alpha value is -3.34. The van der Waals surface area contributed by atoms with E-state index in [1.165, 1.54) is 56.8 Å². The number of phosphoric acid groups is 1. The molecule has 7 heteroatoms. The van der Waals surface area contributed by atoms with Gasteiger partial charge in [0.15, 0.2) is 24.2 Å². The molecule has 4 aromatic rings. The highest BCUT2D eigenvalue weighted by Gasteiger charge is 2.27. The number of aryl methyl sites for hydroxylation is 1. The van der Waals surface area contributed by atoms with Crippen LogP contribution in [0.4, 0.5) is 0 Å². The smallest absolute Gasteiger partial charge is 0.490 e. The molecule has 0 aliphatic heterocycles. The van der Waals surface area contributed by atoms with E-state index in [2.05, 4.69) is 29.7 Å². The minimum Gasteiger partial charge on any atom is -0.490 e. The van der Waals surface area contributed by atoms with Crippen molar-refractivity contribution in [2.75, 3.05) is 6.61 Å². The summed E-state index contributed by atoms with van der Waals surface area (Å²) >= 11 is 0.